The van der Waals surface area contributed by atoms with Crippen molar-refractivity contribution in [3.63, 3.8) is 0 Å². The van der Waals surface area contributed by atoms with Gasteiger partial charge in [0.05, 0.1) is 18.5 Å². The molecule has 4 nitrogen and oxygen atoms in total. The molecule has 0 spiro atoms. The van der Waals surface area contributed by atoms with Crippen LogP contribution in [0.2, 0.25) is 0 Å². The number of anilines is 2. The first-order valence-corrected chi connectivity index (χ1v) is 5.99. The van der Waals surface area contributed by atoms with Crippen LogP contribution in [0.3, 0.4) is 0 Å². The summed E-state index contributed by atoms with van der Waals surface area (Å²) in [5.74, 6) is 1.25. The van der Waals surface area contributed by atoms with Gasteiger partial charge in [0.2, 0.25) is 0 Å². The number of hydrogen-bond donors (Lipinski definition) is 3. The fourth-order valence-electron chi connectivity index (χ4n) is 1.70. The Morgan fingerprint density at radius 1 is 1.47 bits per heavy atom. The van der Waals surface area contributed by atoms with Gasteiger partial charge in [-0.2, -0.15) is 0 Å². The molecule has 1 rings (SSSR count). The first kappa shape index (κ1) is 13.6. The molecule has 4 N–H and O–H groups in total. The van der Waals surface area contributed by atoms with Gasteiger partial charge in [-0.3, -0.25) is 0 Å². The summed E-state index contributed by atoms with van der Waals surface area (Å²) in [6.45, 7) is 3.17. The maximum absolute atomic E-state index is 8.93. The topological polar surface area (TPSA) is 67.5 Å². The highest BCUT2D eigenvalue weighted by atomic mass is 16.5. The van der Waals surface area contributed by atoms with Gasteiger partial charge in [-0.05, 0) is 24.5 Å². The highest BCUT2D eigenvalue weighted by Gasteiger charge is 2.07. The molecule has 0 saturated carbocycles. The van der Waals surface area contributed by atoms with Crippen LogP contribution in [0.1, 0.15) is 19.8 Å². The minimum Gasteiger partial charge on any atom is -0.497 e. The fourth-order valence-corrected chi connectivity index (χ4v) is 1.70. The van der Waals surface area contributed by atoms with Gasteiger partial charge in [0.15, 0.2) is 0 Å². The van der Waals surface area contributed by atoms with Crippen molar-refractivity contribution in [3.05, 3.63) is 18.2 Å². The molecule has 0 heterocycles. The molecule has 1 aromatic rings. The van der Waals surface area contributed by atoms with E-state index in [0.717, 1.165) is 30.8 Å². The molecule has 0 aliphatic rings. The molecule has 0 aliphatic carbocycles. The summed E-state index contributed by atoms with van der Waals surface area (Å²) >= 11 is 0. The molecular weight excluding hydrogens is 216 g/mol. The summed E-state index contributed by atoms with van der Waals surface area (Å²) in [5, 5.41) is 12.2. The molecule has 0 bridgehead atoms. The maximum atomic E-state index is 8.93. The molecule has 17 heavy (non-hydrogen) atoms. The molecule has 0 radical (unpaired) electrons. The van der Waals surface area contributed by atoms with Gasteiger partial charge in [0, 0.05) is 19.2 Å². The van der Waals surface area contributed by atoms with Crippen molar-refractivity contribution in [2.24, 2.45) is 5.92 Å². The number of rotatable bonds is 7. The van der Waals surface area contributed by atoms with E-state index < -0.39 is 0 Å². The zero-order chi connectivity index (χ0) is 12.7. The summed E-state index contributed by atoms with van der Waals surface area (Å²) in [6.07, 6.45) is 1.85. The average Bonchev–Trinajstić information content (AvgIpc) is 2.36. The van der Waals surface area contributed by atoms with E-state index in [9.17, 15) is 0 Å². The minimum absolute atomic E-state index is 0.230. The van der Waals surface area contributed by atoms with Crippen molar-refractivity contribution < 1.29 is 9.84 Å². The molecule has 1 unspecified atom stereocenters. The quantitative estimate of drug-likeness (QED) is 0.636. The molecule has 0 amide bonds. The number of benzene rings is 1. The number of methoxy groups -OCH3 is 1. The molecule has 1 aromatic carbocycles. The van der Waals surface area contributed by atoms with Crippen molar-refractivity contribution in [1.29, 1.82) is 0 Å². The van der Waals surface area contributed by atoms with Gasteiger partial charge < -0.3 is 20.9 Å². The van der Waals surface area contributed by atoms with E-state index in [0.29, 0.717) is 11.6 Å². The average molecular weight is 238 g/mol. The highest BCUT2D eigenvalue weighted by molar-refractivity contribution is 5.68. The second-order valence-electron chi connectivity index (χ2n) is 4.12. The molecule has 1 atom stereocenters. The van der Waals surface area contributed by atoms with E-state index in [1.54, 1.807) is 7.11 Å². The van der Waals surface area contributed by atoms with Gasteiger partial charge in [-0.1, -0.05) is 13.3 Å². The summed E-state index contributed by atoms with van der Waals surface area (Å²) < 4.78 is 5.15. The minimum atomic E-state index is 0.230. The van der Waals surface area contributed by atoms with Crippen LogP contribution in [0.4, 0.5) is 11.4 Å². The van der Waals surface area contributed by atoms with Gasteiger partial charge in [-0.15, -0.1) is 0 Å². The smallest absolute Gasteiger partial charge is 0.121 e. The van der Waals surface area contributed by atoms with E-state index in [2.05, 4.69) is 12.2 Å². The standard InChI is InChI=1S/C13H22N2O2/c1-3-10(6-7-16)9-15-13-8-11(17-2)4-5-12(13)14/h4-5,8,10,15-16H,3,6-7,9,14H2,1-2H3. The van der Waals surface area contributed by atoms with Crippen LogP contribution in [0.5, 0.6) is 5.75 Å². The summed E-state index contributed by atoms with van der Waals surface area (Å²) in [7, 11) is 1.63. The molecule has 0 aliphatic heterocycles. The second kappa shape index (κ2) is 7.01. The first-order chi connectivity index (χ1) is 8.21. The fraction of sp³-hybridized carbons (Fsp3) is 0.538. The van der Waals surface area contributed by atoms with E-state index in [-0.39, 0.29) is 6.61 Å². The van der Waals surface area contributed by atoms with E-state index in [1.807, 2.05) is 18.2 Å². The third kappa shape index (κ3) is 4.15. The van der Waals surface area contributed by atoms with Gasteiger partial charge in [-0.25, -0.2) is 0 Å². The van der Waals surface area contributed by atoms with Gasteiger partial charge in [0.25, 0.3) is 0 Å². The summed E-state index contributed by atoms with van der Waals surface area (Å²) in [6, 6.07) is 5.56. The van der Waals surface area contributed by atoms with Crippen LogP contribution in [-0.2, 0) is 0 Å². The number of nitrogens with one attached hydrogen (secondary N) is 1. The van der Waals surface area contributed by atoms with E-state index in [4.69, 9.17) is 15.6 Å². The van der Waals surface area contributed by atoms with Crippen molar-refractivity contribution in [2.45, 2.75) is 19.8 Å². The Morgan fingerprint density at radius 3 is 2.82 bits per heavy atom. The van der Waals surface area contributed by atoms with Crippen LogP contribution in [0.15, 0.2) is 18.2 Å². The Morgan fingerprint density at radius 2 is 2.24 bits per heavy atom. The van der Waals surface area contributed by atoms with Crippen molar-refractivity contribution in [2.75, 3.05) is 31.3 Å². The monoisotopic (exact) mass is 238 g/mol. The van der Waals surface area contributed by atoms with Gasteiger partial charge in [0.1, 0.15) is 5.75 Å². The normalized spacial score (nSPS) is 12.2. The maximum Gasteiger partial charge on any atom is 0.121 e. The van der Waals surface area contributed by atoms with Crippen molar-refractivity contribution in [1.82, 2.24) is 0 Å². The lowest BCUT2D eigenvalue weighted by atomic mass is 10.0. The predicted molar refractivity (Wildman–Crippen MR) is 71.4 cm³/mol. The number of nitrogen functional groups attached to an aromatic ring is 1. The number of hydrogen-bond acceptors (Lipinski definition) is 4. The lowest BCUT2D eigenvalue weighted by Gasteiger charge is -2.16. The summed E-state index contributed by atoms with van der Waals surface area (Å²) in [5.41, 5.74) is 7.48. The van der Waals surface area contributed by atoms with Crippen molar-refractivity contribution in [3.8, 4) is 5.75 Å². The Kier molecular flexibility index (Phi) is 5.63. The Bertz CT molecular complexity index is 342. The molecule has 0 fully saturated rings. The van der Waals surface area contributed by atoms with Gasteiger partial charge >= 0.3 is 0 Å². The summed E-state index contributed by atoms with van der Waals surface area (Å²) in [4.78, 5) is 0. The van der Waals surface area contributed by atoms with Crippen LogP contribution in [0, 0.1) is 5.92 Å². The van der Waals surface area contributed by atoms with Crippen LogP contribution < -0.4 is 15.8 Å². The lowest BCUT2D eigenvalue weighted by Crippen LogP contribution is -2.15. The van der Waals surface area contributed by atoms with Crippen molar-refractivity contribution >= 4 is 11.4 Å². The SMILES string of the molecule is CCC(CCO)CNc1cc(OC)ccc1N. The number of ether oxygens (including phenoxy) is 1. The third-order valence-electron chi connectivity index (χ3n) is 2.96. The number of aliphatic hydroxyl groups is 1. The van der Waals surface area contributed by atoms with E-state index >= 15 is 0 Å². The van der Waals surface area contributed by atoms with Crippen LogP contribution in [0.25, 0.3) is 0 Å². The zero-order valence-electron chi connectivity index (χ0n) is 10.6. The molecule has 4 heteroatoms. The first-order valence-electron chi connectivity index (χ1n) is 5.99. The van der Waals surface area contributed by atoms with E-state index in [1.165, 1.54) is 0 Å². The number of nitrogens with two attached hydrogens (primary N) is 1. The molecule has 0 aromatic heterocycles. The molecule has 0 saturated heterocycles. The highest BCUT2D eigenvalue weighted by Crippen LogP contribution is 2.24. The zero-order valence-corrected chi connectivity index (χ0v) is 10.6. The lowest BCUT2D eigenvalue weighted by molar-refractivity contribution is 0.258. The Labute approximate surface area is 103 Å². The van der Waals surface area contributed by atoms with Crippen LogP contribution in [-0.4, -0.2) is 25.4 Å². The number of aliphatic hydroxyl groups excluding tert-OH is 1. The predicted octanol–water partition coefficient (Wildman–Crippen LogP) is 2.10. The van der Waals surface area contributed by atoms with Crippen LogP contribution >= 0.6 is 0 Å². The third-order valence-corrected chi connectivity index (χ3v) is 2.96. The second-order valence-corrected chi connectivity index (χ2v) is 4.12. The largest absolute Gasteiger partial charge is 0.497 e. The Hall–Kier alpha value is -1.42. The Balaban J connectivity index is 2.60. The molecular formula is C13H22N2O2. The molecule has 96 valence electrons.